The summed E-state index contributed by atoms with van der Waals surface area (Å²) in [6.07, 6.45) is 7.37. The van der Waals surface area contributed by atoms with Gasteiger partial charge in [0.25, 0.3) is 0 Å². The molecule has 0 aromatic heterocycles. The van der Waals surface area contributed by atoms with Crippen molar-refractivity contribution in [2.75, 3.05) is 0 Å². The average Bonchev–Trinajstić information content (AvgIpc) is 2.10. The van der Waals surface area contributed by atoms with E-state index in [9.17, 15) is 0 Å². The Labute approximate surface area is 72.4 Å². The minimum Gasteiger partial charge on any atom is -0.0683 e. The van der Waals surface area contributed by atoms with Crippen LogP contribution in [0.4, 0.5) is 0 Å². The van der Waals surface area contributed by atoms with Crippen LogP contribution >= 0.6 is 0 Å². The highest BCUT2D eigenvalue weighted by Crippen LogP contribution is 2.29. The van der Waals surface area contributed by atoms with Gasteiger partial charge in [-0.05, 0) is 11.8 Å². The molecule has 0 nitrogen and oxygen atoms in total. The molecule has 1 aliphatic carbocycles. The molecule has 0 radical (unpaired) electrons. The summed E-state index contributed by atoms with van der Waals surface area (Å²) in [7, 11) is 0. The smallest absolute Gasteiger partial charge is 0.0417 e. The summed E-state index contributed by atoms with van der Waals surface area (Å²) in [5, 5.41) is 0. The molecule has 0 amide bonds. The second-order valence-corrected chi connectivity index (χ2v) is 3.53. The zero-order valence-electron chi connectivity index (χ0n) is 8.69. The third-order valence-electron chi connectivity index (χ3n) is 2.71. The highest BCUT2D eigenvalue weighted by molar-refractivity contribution is 4.68. The van der Waals surface area contributed by atoms with Crippen LogP contribution in [0.1, 0.15) is 59.8 Å². The molecule has 0 heteroatoms. The summed E-state index contributed by atoms with van der Waals surface area (Å²) in [5.74, 6) is 2.09. The highest BCUT2D eigenvalue weighted by atomic mass is 14.2. The molecule has 0 aliphatic heterocycles. The fraction of sp³-hybridized carbons (Fsp3) is 1.00. The Morgan fingerprint density at radius 2 is 1.45 bits per heavy atom. The van der Waals surface area contributed by atoms with Crippen LogP contribution in [0.2, 0.25) is 0 Å². The summed E-state index contributed by atoms with van der Waals surface area (Å²) in [4.78, 5) is 0. The summed E-state index contributed by atoms with van der Waals surface area (Å²) in [6, 6.07) is 0. The largest absolute Gasteiger partial charge is 0.0683 e. The van der Waals surface area contributed by atoms with Gasteiger partial charge >= 0.3 is 0 Å². The normalized spacial score (nSPS) is 30.5. The van der Waals surface area contributed by atoms with E-state index in [0.29, 0.717) is 0 Å². The van der Waals surface area contributed by atoms with E-state index in [1.54, 1.807) is 0 Å². The molecule has 0 unspecified atom stereocenters. The van der Waals surface area contributed by atoms with Crippen LogP contribution < -0.4 is 0 Å². The Morgan fingerprint density at radius 1 is 1.00 bits per heavy atom. The van der Waals surface area contributed by atoms with E-state index in [-0.39, 0.29) is 0 Å². The fourth-order valence-electron chi connectivity index (χ4n) is 1.74. The lowest BCUT2D eigenvalue weighted by Gasteiger charge is -2.24. The van der Waals surface area contributed by atoms with Gasteiger partial charge in [-0.15, -0.1) is 0 Å². The topological polar surface area (TPSA) is 0 Å². The second kappa shape index (κ2) is 6.69. The third kappa shape index (κ3) is 4.44. The van der Waals surface area contributed by atoms with Crippen molar-refractivity contribution >= 4 is 0 Å². The molecule has 1 aliphatic rings. The molecule has 1 rings (SSSR count). The molecule has 1 saturated carbocycles. The van der Waals surface area contributed by atoms with Gasteiger partial charge in [-0.1, -0.05) is 59.8 Å². The lowest BCUT2D eigenvalue weighted by molar-refractivity contribution is 0.284. The monoisotopic (exact) mass is 156 g/mol. The summed E-state index contributed by atoms with van der Waals surface area (Å²) < 4.78 is 0. The van der Waals surface area contributed by atoms with Crippen LogP contribution in [0.3, 0.4) is 0 Å². The first-order valence-electron chi connectivity index (χ1n) is 5.33. The Balaban J connectivity index is 0.000000461. The number of hydrogen-bond donors (Lipinski definition) is 0. The molecule has 0 heterocycles. The maximum Gasteiger partial charge on any atom is -0.0417 e. The van der Waals surface area contributed by atoms with E-state index in [1.807, 2.05) is 13.8 Å². The van der Waals surface area contributed by atoms with Gasteiger partial charge in [0.2, 0.25) is 0 Å². The van der Waals surface area contributed by atoms with Crippen molar-refractivity contribution in [3.05, 3.63) is 0 Å². The lowest BCUT2D eigenvalue weighted by atomic mass is 9.82. The van der Waals surface area contributed by atoms with Gasteiger partial charge < -0.3 is 0 Å². The molecule has 0 N–H and O–H groups in total. The maximum atomic E-state index is 2.38. The lowest BCUT2D eigenvalue weighted by Crippen LogP contribution is -2.10. The van der Waals surface area contributed by atoms with Crippen molar-refractivity contribution in [3.63, 3.8) is 0 Å². The second-order valence-electron chi connectivity index (χ2n) is 3.53. The minimum absolute atomic E-state index is 1.02. The minimum atomic E-state index is 1.02. The van der Waals surface area contributed by atoms with E-state index in [0.717, 1.165) is 11.8 Å². The standard InChI is InChI=1S/C9H18.C2H6/c1-3-9-6-4-8(2)5-7-9;1-2/h8-9H,3-7H2,1-2H3;1-2H3. The van der Waals surface area contributed by atoms with Gasteiger partial charge in [0, 0.05) is 0 Å². The van der Waals surface area contributed by atoms with Gasteiger partial charge in [0.15, 0.2) is 0 Å². The van der Waals surface area contributed by atoms with Gasteiger partial charge in [0.1, 0.15) is 0 Å². The molecule has 0 aromatic carbocycles. The maximum absolute atomic E-state index is 2.38. The van der Waals surface area contributed by atoms with Crippen LogP contribution in [0.5, 0.6) is 0 Å². The first-order valence-corrected chi connectivity index (χ1v) is 5.33. The molecule has 68 valence electrons. The fourth-order valence-corrected chi connectivity index (χ4v) is 1.74. The molecule has 11 heavy (non-hydrogen) atoms. The molecule has 0 aromatic rings. The van der Waals surface area contributed by atoms with Gasteiger partial charge in [-0.3, -0.25) is 0 Å². The highest BCUT2D eigenvalue weighted by Gasteiger charge is 2.15. The first kappa shape index (κ1) is 11.0. The molecule has 1 fully saturated rings. The predicted octanol–water partition coefficient (Wildman–Crippen LogP) is 4.25. The van der Waals surface area contributed by atoms with Gasteiger partial charge in [0.05, 0.1) is 0 Å². The predicted molar refractivity (Wildman–Crippen MR) is 52.8 cm³/mol. The van der Waals surface area contributed by atoms with E-state index in [4.69, 9.17) is 0 Å². The van der Waals surface area contributed by atoms with Crippen molar-refractivity contribution in [2.45, 2.75) is 59.8 Å². The van der Waals surface area contributed by atoms with Crippen molar-refractivity contribution < 1.29 is 0 Å². The molecule has 0 bridgehead atoms. The van der Waals surface area contributed by atoms with Crippen LogP contribution in [-0.4, -0.2) is 0 Å². The summed E-state index contributed by atoms with van der Waals surface area (Å²) in [6.45, 7) is 8.70. The van der Waals surface area contributed by atoms with E-state index in [1.165, 1.54) is 32.1 Å². The van der Waals surface area contributed by atoms with Crippen molar-refractivity contribution in [1.82, 2.24) is 0 Å². The van der Waals surface area contributed by atoms with Crippen LogP contribution in [0.25, 0.3) is 0 Å². The Morgan fingerprint density at radius 3 is 1.82 bits per heavy atom. The first-order chi connectivity index (χ1) is 5.33. The van der Waals surface area contributed by atoms with Crippen LogP contribution in [0, 0.1) is 11.8 Å². The Hall–Kier alpha value is 0. The molecule has 0 atom stereocenters. The molecule has 0 saturated heterocycles. The molecule has 0 spiro atoms. The number of rotatable bonds is 1. The SMILES string of the molecule is CC.CCC1CCC(C)CC1. The molecular weight excluding hydrogens is 132 g/mol. The van der Waals surface area contributed by atoms with Gasteiger partial charge in [-0.25, -0.2) is 0 Å². The van der Waals surface area contributed by atoms with Crippen LogP contribution in [0.15, 0.2) is 0 Å². The van der Waals surface area contributed by atoms with E-state index in [2.05, 4.69) is 13.8 Å². The van der Waals surface area contributed by atoms with Gasteiger partial charge in [-0.2, -0.15) is 0 Å². The zero-order valence-corrected chi connectivity index (χ0v) is 8.69. The van der Waals surface area contributed by atoms with Crippen LogP contribution in [-0.2, 0) is 0 Å². The Kier molecular flexibility index (Phi) is 6.69. The zero-order chi connectivity index (χ0) is 8.69. The van der Waals surface area contributed by atoms with Crippen molar-refractivity contribution in [3.8, 4) is 0 Å². The number of hydrogen-bond acceptors (Lipinski definition) is 0. The quantitative estimate of drug-likeness (QED) is 0.532. The summed E-state index contributed by atoms with van der Waals surface area (Å²) >= 11 is 0. The van der Waals surface area contributed by atoms with Crippen molar-refractivity contribution in [2.24, 2.45) is 11.8 Å². The third-order valence-corrected chi connectivity index (χ3v) is 2.71. The van der Waals surface area contributed by atoms with Crippen molar-refractivity contribution in [1.29, 1.82) is 0 Å². The Bertz CT molecular complexity index is 68.1. The average molecular weight is 156 g/mol. The van der Waals surface area contributed by atoms with E-state index < -0.39 is 0 Å². The summed E-state index contributed by atoms with van der Waals surface area (Å²) in [5.41, 5.74) is 0. The molecular formula is C11H24. The van der Waals surface area contributed by atoms with E-state index >= 15 is 0 Å².